The maximum atomic E-state index is 5.86. The lowest BCUT2D eigenvalue weighted by atomic mass is 9.96. The maximum absolute atomic E-state index is 5.86. The number of halogens is 1. The Hall–Kier alpha value is -1.06. The summed E-state index contributed by atoms with van der Waals surface area (Å²) in [7, 11) is 0. The summed E-state index contributed by atoms with van der Waals surface area (Å²) in [6, 6.07) is 6.04. The van der Waals surface area contributed by atoms with Crippen LogP contribution in [0.2, 0.25) is 5.15 Å². The first-order valence-electron chi connectivity index (χ1n) is 5.01. The largest absolute Gasteiger partial charge is 0.355 e. The molecule has 0 amide bonds. The number of nitrogens with two attached hydrogens (primary N) is 1. The van der Waals surface area contributed by atoms with E-state index in [-0.39, 0.29) is 5.41 Å². The molecule has 0 bridgehead atoms. The van der Waals surface area contributed by atoms with Gasteiger partial charge < -0.3 is 10.3 Å². The number of nitrogens with zero attached hydrogens (tertiary/aromatic N) is 1. The van der Waals surface area contributed by atoms with Gasteiger partial charge in [-0.3, -0.25) is 0 Å². The van der Waals surface area contributed by atoms with Crippen LogP contribution in [-0.2, 0) is 5.41 Å². The molecule has 0 spiro atoms. The fourth-order valence-electron chi connectivity index (χ4n) is 2.00. The van der Waals surface area contributed by atoms with E-state index in [0.717, 1.165) is 23.8 Å². The van der Waals surface area contributed by atoms with Crippen LogP contribution in [0.25, 0.3) is 11.0 Å². The third-order valence-electron chi connectivity index (χ3n) is 3.28. The van der Waals surface area contributed by atoms with E-state index in [1.165, 1.54) is 5.56 Å². The summed E-state index contributed by atoms with van der Waals surface area (Å²) in [6.07, 6.45) is 2.33. The van der Waals surface area contributed by atoms with Crippen molar-refractivity contribution in [3.8, 4) is 0 Å². The van der Waals surface area contributed by atoms with E-state index in [9.17, 15) is 0 Å². The predicted molar refractivity (Wildman–Crippen MR) is 59.0 cm³/mol. The Kier molecular flexibility index (Phi) is 1.82. The molecule has 1 saturated carbocycles. The average Bonchev–Trinajstić information content (AvgIpc) is 2.99. The Bertz CT molecular complexity index is 516. The lowest BCUT2D eigenvalue weighted by Crippen LogP contribution is -2.19. The molecule has 0 aliphatic heterocycles. The molecule has 1 heterocycles. The van der Waals surface area contributed by atoms with Crippen molar-refractivity contribution in [1.82, 2.24) is 5.16 Å². The molecule has 2 N–H and O–H groups in total. The normalized spacial score (nSPS) is 18.3. The minimum absolute atomic E-state index is 0.188. The van der Waals surface area contributed by atoms with Gasteiger partial charge in [0.2, 0.25) is 0 Å². The summed E-state index contributed by atoms with van der Waals surface area (Å²) in [5.74, 6) is 0. The summed E-state index contributed by atoms with van der Waals surface area (Å²) in [5.41, 5.74) is 7.95. The molecule has 1 aromatic heterocycles. The lowest BCUT2D eigenvalue weighted by Gasteiger charge is -2.11. The van der Waals surface area contributed by atoms with Gasteiger partial charge in [0.05, 0.1) is 5.39 Å². The van der Waals surface area contributed by atoms with Gasteiger partial charge in [0, 0.05) is 12.0 Å². The lowest BCUT2D eigenvalue weighted by molar-refractivity contribution is 0.456. The van der Waals surface area contributed by atoms with Gasteiger partial charge in [-0.1, -0.05) is 22.8 Å². The highest BCUT2D eigenvalue weighted by Crippen LogP contribution is 2.47. The number of hydrogen-bond donors (Lipinski definition) is 1. The third kappa shape index (κ3) is 1.27. The molecule has 0 saturated heterocycles. The van der Waals surface area contributed by atoms with Crippen molar-refractivity contribution in [2.45, 2.75) is 18.3 Å². The van der Waals surface area contributed by atoms with Crippen molar-refractivity contribution in [3.05, 3.63) is 28.9 Å². The van der Waals surface area contributed by atoms with Gasteiger partial charge in [-0.15, -0.1) is 0 Å². The zero-order chi connectivity index (χ0) is 10.5. The Morgan fingerprint density at radius 1 is 1.47 bits per heavy atom. The zero-order valence-electron chi connectivity index (χ0n) is 8.16. The zero-order valence-corrected chi connectivity index (χ0v) is 8.92. The second-order valence-corrected chi connectivity index (χ2v) is 4.53. The van der Waals surface area contributed by atoms with Crippen LogP contribution in [0.5, 0.6) is 0 Å². The maximum Gasteiger partial charge on any atom is 0.179 e. The van der Waals surface area contributed by atoms with E-state index >= 15 is 0 Å². The highest BCUT2D eigenvalue weighted by molar-refractivity contribution is 6.34. The topological polar surface area (TPSA) is 52.0 Å². The van der Waals surface area contributed by atoms with Gasteiger partial charge >= 0.3 is 0 Å². The Morgan fingerprint density at radius 2 is 2.27 bits per heavy atom. The van der Waals surface area contributed by atoms with Crippen molar-refractivity contribution in [2.75, 3.05) is 6.54 Å². The van der Waals surface area contributed by atoms with Crippen LogP contribution in [0.4, 0.5) is 0 Å². The monoisotopic (exact) mass is 222 g/mol. The number of rotatable bonds is 2. The number of aromatic nitrogens is 1. The summed E-state index contributed by atoms with van der Waals surface area (Å²) in [4.78, 5) is 0. The molecular weight excluding hydrogens is 212 g/mol. The van der Waals surface area contributed by atoms with E-state index in [0.29, 0.717) is 11.7 Å². The molecule has 2 aromatic rings. The third-order valence-corrected chi connectivity index (χ3v) is 3.56. The molecular formula is C11H11ClN2O. The molecule has 15 heavy (non-hydrogen) atoms. The fraction of sp³-hybridized carbons (Fsp3) is 0.364. The van der Waals surface area contributed by atoms with E-state index in [2.05, 4.69) is 11.2 Å². The Labute approximate surface area is 92.2 Å². The quantitative estimate of drug-likeness (QED) is 0.849. The van der Waals surface area contributed by atoms with E-state index in [1.54, 1.807) is 0 Å². The van der Waals surface area contributed by atoms with Gasteiger partial charge in [0.15, 0.2) is 10.7 Å². The first kappa shape index (κ1) is 9.19. The molecule has 3 rings (SSSR count). The second kappa shape index (κ2) is 2.97. The number of fused-ring (bicyclic) bond motifs is 1. The smallest absolute Gasteiger partial charge is 0.179 e. The van der Waals surface area contributed by atoms with Crippen molar-refractivity contribution in [3.63, 3.8) is 0 Å². The van der Waals surface area contributed by atoms with Crippen LogP contribution >= 0.6 is 11.6 Å². The summed E-state index contributed by atoms with van der Waals surface area (Å²) < 4.78 is 5.13. The van der Waals surface area contributed by atoms with Gasteiger partial charge in [0.25, 0.3) is 0 Å². The molecule has 1 aliphatic carbocycles. The summed E-state index contributed by atoms with van der Waals surface area (Å²) >= 11 is 5.86. The van der Waals surface area contributed by atoms with Crippen LogP contribution in [0.1, 0.15) is 18.4 Å². The van der Waals surface area contributed by atoms with Crippen LogP contribution in [-0.4, -0.2) is 11.7 Å². The first-order chi connectivity index (χ1) is 7.25. The summed E-state index contributed by atoms with van der Waals surface area (Å²) in [5, 5.41) is 5.02. The fourth-order valence-corrected chi connectivity index (χ4v) is 2.19. The molecule has 1 fully saturated rings. The van der Waals surface area contributed by atoms with Gasteiger partial charge in [-0.25, -0.2) is 0 Å². The SMILES string of the molecule is NCC1(c2ccc3c(Cl)noc3c2)CC1. The standard InChI is InChI=1S/C11H11ClN2O/c12-10-8-2-1-7(5-9(8)15-14-10)11(6-13)3-4-11/h1-2,5H,3-4,6,13H2. The minimum atomic E-state index is 0.188. The highest BCUT2D eigenvalue weighted by Gasteiger charge is 2.43. The Balaban J connectivity index is 2.14. The summed E-state index contributed by atoms with van der Waals surface area (Å²) in [6.45, 7) is 0.695. The molecule has 0 radical (unpaired) electrons. The minimum Gasteiger partial charge on any atom is -0.355 e. The van der Waals surface area contributed by atoms with Gasteiger partial charge in [-0.2, -0.15) is 0 Å². The van der Waals surface area contributed by atoms with Gasteiger partial charge in [0.1, 0.15) is 0 Å². The molecule has 1 aromatic carbocycles. The van der Waals surface area contributed by atoms with Crippen LogP contribution in [0.3, 0.4) is 0 Å². The average molecular weight is 223 g/mol. The van der Waals surface area contributed by atoms with Crippen LogP contribution in [0, 0.1) is 0 Å². The molecule has 78 valence electrons. The van der Waals surface area contributed by atoms with Crippen molar-refractivity contribution >= 4 is 22.6 Å². The van der Waals surface area contributed by atoms with Crippen molar-refractivity contribution < 1.29 is 4.52 Å². The molecule has 4 heteroatoms. The predicted octanol–water partition coefficient (Wildman–Crippen LogP) is 2.47. The molecule has 0 atom stereocenters. The van der Waals surface area contributed by atoms with Gasteiger partial charge in [-0.05, 0) is 30.5 Å². The van der Waals surface area contributed by atoms with Crippen LogP contribution < -0.4 is 5.73 Å². The highest BCUT2D eigenvalue weighted by atomic mass is 35.5. The van der Waals surface area contributed by atoms with E-state index in [1.807, 2.05) is 12.1 Å². The van der Waals surface area contributed by atoms with Crippen molar-refractivity contribution in [1.29, 1.82) is 0 Å². The van der Waals surface area contributed by atoms with E-state index in [4.69, 9.17) is 21.9 Å². The first-order valence-corrected chi connectivity index (χ1v) is 5.38. The molecule has 3 nitrogen and oxygen atoms in total. The van der Waals surface area contributed by atoms with Crippen LogP contribution in [0.15, 0.2) is 22.7 Å². The Morgan fingerprint density at radius 3 is 2.93 bits per heavy atom. The number of hydrogen-bond acceptors (Lipinski definition) is 3. The molecule has 1 aliphatic rings. The van der Waals surface area contributed by atoms with Crippen molar-refractivity contribution in [2.24, 2.45) is 5.73 Å². The molecule has 0 unspecified atom stereocenters. The van der Waals surface area contributed by atoms with E-state index < -0.39 is 0 Å². The second-order valence-electron chi connectivity index (χ2n) is 4.17. The number of benzene rings is 1.